The number of methoxy groups -OCH3 is 1. The van der Waals surface area contributed by atoms with E-state index in [1.54, 1.807) is 19.2 Å². The number of rotatable bonds is 7. The van der Waals surface area contributed by atoms with Crippen LogP contribution in [0, 0.1) is 0 Å². The van der Waals surface area contributed by atoms with E-state index < -0.39 is 6.36 Å². The van der Waals surface area contributed by atoms with E-state index in [1.165, 1.54) is 12.1 Å². The van der Waals surface area contributed by atoms with Crippen molar-refractivity contribution in [3.05, 3.63) is 53.6 Å². The summed E-state index contributed by atoms with van der Waals surface area (Å²) in [6.07, 6.45) is -2.74. The largest absolute Gasteiger partial charge is 0.573 e. The number of hydrogen-bond acceptors (Lipinski definition) is 4. The van der Waals surface area contributed by atoms with Crippen molar-refractivity contribution in [1.82, 2.24) is 0 Å². The van der Waals surface area contributed by atoms with Crippen LogP contribution in [0.2, 0.25) is 0 Å². The summed E-state index contributed by atoms with van der Waals surface area (Å²) in [5.41, 5.74) is 2.44. The second kappa shape index (κ2) is 7.90. The van der Waals surface area contributed by atoms with Gasteiger partial charge in [-0.05, 0) is 36.2 Å². The van der Waals surface area contributed by atoms with Crippen LogP contribution in [-0.2, 0) is 11.3 Å². The maximum atomic E-state index is 12.7. The fraction of sp³-hybridized carbons (Fsp3) is 0.350. The van der Waals surface area contributed by atoms with Crippen molar-refractivity contribution in [2.24, 2.45) is 0 Å². The molecule has 0 aliphatic carbocycles. The number of ether oxygens (including phenoxy) is 2. The Morgan fingerprint density at radius 3 is 2.70 bits per heavy atom. The van der Waals surface area contributed by atoms with Crippen molar-refractivity contribution < 1.29 is 27.4 Å². The summed E-state index contributed by atoms with van der Waals surface area (Å²) in [6.45, 7) is 0.903. The van der Waals surface area contributed by atoms with Gasteiger partial charge in [-0.1, -0.05) is 18.2 Å². The van der Waals surface area contributed by atoms with Gasteiger partial charge >= 0.3 is 6.36 Å². The third-order valence-corrected chi connectivity index (χ3v) is 4.65. The van der Waals surface area contributed by atoms with Crippen LogP contribution in [0.15, 0.2) is 42.5 Å². The fourth-order valence-electron chi connectivity index (χ4n) is 3.47. The Labute approximate surface area is 155 Å². The van der Waals surface area contributed by atoms with Gasteiger partial charge in [0.05, 0.1) is 7.11 Å². The Balaban J connectivity index is 1.88. The first kappa shape index (κ1) is 19.1. The lowest BCUT2D eigenvalue weighted by molar-refractivity contribution is -0.274. The van der Waals surface area contributed by atoms with Gasteiger partial charge in [-0.15, -0.1) is 13.2 Å². The first-order chi connectivity index (χ1) is 12.9. The molecule has 3 rings (SSSR count). The van der Waals surface area contributed by atoms with E-state index in [4.69, 9.17) is 4.74 Å². The smallest absolute Gasteiger partial charge is 0.497 e. The number of nitrogens with zero attached hydrogens (tertiary/aromatic N) is 1. The molecule has 0 fully saturated rings. The standard InChI is InChI=1S/C20H20F3NO3/c1-26-16-8-9-18-17(11-16)14(6-4-10-25)12-24(18)13-15-5-2-3-7-19(15)27-20(21,22)23/h2-3,5,7-11,14H,4,6,12-13H2,1H3. The third kappa shape index (κ3) is 4.53. The Bertz CT molecular complexity index is 807. The second-order valence-electron chi connectivity index (χ2n) is 6.40. The number of alkyl halides is 3. The topological polar surface area (TPSA) is 38.8 Å². The van der Waals surface area contributed by atoms with Gasteiger partial charge in [0.15, 0.2) is 0 Å². The Hall–Kier alpha value is -2.70. The van der Waals surface area contributed by atoms with Gasteiger partial charge < -0.3 is 19.2 Å². The molecule has 4 nitrogen and oxygen atoms in total. The highest BCUT2D eigenvalue weighted by molar-refractivity contribution is 5.63. The van der Waals surface area contributed by atoms with Crippen LogP contribution < -0.4 is 14.4 Å². The van der Waals surface area contributed by atoms with Crippen LogP contribution >= 0.6 is 0 Å². The number of carbonyl (C=O) groups excluding carboxylic acids is 1. The SMILES string of the molecule is COc1ccc2c(c1)C(CCC=O)CN2Cc1ccccc1OC(F)(F)F. The maximum Gasteiger partial charge on any atom is 0.573 e. The third-order valence-electron chi connectivity index (χ3n) is 4.65. The molecule has 1 unspecified atom stereocenters. The van der Waals surface area contributed by atoms with Crippen molar-refractivity contribution in [2.75, 3.05) is 18.6 Å². The summed E-state index contributed by atoms with van der Waals surface area (Å²) in [4.78, 5) is 12.8. The number of para-hydroxylation sites is 1. The van der Waals surface area contributed by atoms with Gasteiger partial charge in [0.2, 0.25) is 0 Å². The van der Waals surface area contributed by atoms with Gasteiger partial charge in [-0.2, -0.15) is 0 Å². The van der Waals surface area contributed by atoms with Crippen molar-refractivity contribution in [2.45, 2.75) is 31.7 Å². The molecule has 144 valence electrons. The van der Waals surface area contributed by atoms with Crippen molar-refractivity contribution in [3.63, 3.8) is 0 Å². The molecule has 0 radical (unpaired) electrons. The van der Waals surface area contributed by atoms with E-state index in [1.807, 2.05) is 23.1 Å². The molecule has 0 saturated heterocycles. The summed E-state index contributed by atoms with van der Waals surface area (Å²) < 4.78 is 47.5. The maximum absolute atomic E-state index is 12.7. The molecule has 0 amide bonds. The van der Waals surface area contributed by atoms with Crippen LogP contribution in [-0.4, -0.2) is 26.3 Å². The van der Waals surface area contributed by atoms with Crippen LogP contribution in [0.25, 0.3) is 0 Å². The summed E-state index contributed by atoms with van der Waals surface area (Å²) in [5, 5.41) is 0. The summed E-state index contributed by atoms with van der Waals surface area (Å²) in [6, 6.07) is 11.8. The van der Waals surface area contributed by atoms with E-state index >= 15 is 0 Å². The molecule has 2 aromatic rings. The molecule has 0 spiro atoms. The molecule has 1 atom stereocenters. The number of halogens is 3. The number of benzene rings is 2. The van der Waals surface area contributed by atoms with Crippen LogP contribution in [0.5, 0.6) is 11.5 Å². The minimum atomic E-state index is -4.74. The number of fused-ring (bicyclic) bond motifs is 1. The molecule has 1 aliphatic heterocycles. The van der Waals surface area contributed by atoms with Crippen molar-refractivity contribution >= 4 is 12.0 Å². The average molecular weight is 379 g/mol. The van der Waals surface area contributed by atoms with Gasteiger partial charge in [0.1, 0.15) is 17.8 Å². The van der Waals surface area contributed by atoms with Gasteiger partial charge in [0.25, 0.3) is 0 Å². The lowest BCUT2D eigenvalue weighted by Crippen LogP contribution is -2.23. The van der Waals surface area contributed by atoms with E-state index in [0.717, 1.165) is 17.5 Å². The lowest BCUT2D eigenvalue weighted by Gasteiger charge is -2.22. The zero-order valence-electron chi connectivity index (χ0n) is 14.8. The van der Waals surface area contributed by atoms with Gasteiger partial charge in [-0.25, -0.2) is 0 Å². The minimum absolute atomic E-state index is 0.121. The van der Waals surface area contributed by atoms with Crippen LogP contribution in [0.1, 0.15) is 29.9 Å². The highest BCUT2D eigenvalue weighted by Crippen LogP contribution is 2.42. The summed E-state index contributed by atoms with van der Waals surface area (Å²) in [5.74, 6) is 0.639. The highest BCUT2D eigenvalue weighted by Gasteiger charge is 2.33. The normalized spacial score (nSPS) is 16.1. The molecular weight excluding hydrogens is 359 g/mol. The van der Waals surface area contributed by atoms with E-state index in [2.05, 4.69) is 4.74 Å². The van der Waals surface area contributed by atoms with Crippen molar-refractivity contribution in [3.8, 4) is 11.5 Å². The molecule has 0 saturated carbocycles. The van der Waals surface area contributed by atoms with Crippen LogP contribution in [0.3, 0.4) is 0 Å². The molecule has 1 aliphatic rings. The predicted molar refractivity (Wildman–Crippen MR) is 95.2 cm³/mol. The average Bonchev–Trinajstić information content (AvgIpc) is 2.97. The summed E-state index contributed by atoms with van der Waals surface area (Å²) in [7, 11) is 1.58. The Morgan fingerprint density at radius 2 is 2.00 bits per heavy atom. The highest BCUT2D eigenvalue weighted by atomic mass is 19.4. The molecule has 1 heterocycles. The van der Waals surface area contributed by atoms with Crippen LogP contribution in [0.4, 0.5) is 18.9 Å². The predicted octanol–water partition coefficient (Wildman–Crippen LogP) is 4.68. The first-order valence-corrected chi connectivity index (χ1v) is 8.61. The second-order valence-corrected chi connectivity index (χ2v) is 6.40. The fourth-order valence-corrected chi connectivity index (χ4v) is 3.47. The van der Waals surface area contributed by atoms with E-state index in [-0.39, 0.29) is 18.2 Å². The molecule has 2 aromatic carbocycles. The molecule has 0 bridgehead atoms. The molecule has 7 heteroatoms. The number of hydrogen-bond donors (Lipinski definition) is 0. The van der Waals surface area contributed by atoms with E-state index in [0.29, 0.717) is 30.7 Å². The number of carbonyl (C=O) groups is 1. The minimum Gasteiger partial charge on any atom is -0.497 e. The monoisotopic (exact) mass is 379 g/mol. The molecular formula is C20H20F3NO3. The van der Waals surface area contributed by atoms with E-state index in [9.17, 15) is 18.0 Å². The van der Waals surface area contributed by atoms with Crippen molar-refractivity contribution in [1.29, 1.82) is 0 Å². The summed E-state index contributed by atoms with van der Waals surface area (Å²) >= 11 is 0. The molecule has 0 N–H and O–H groups in total. The quantitative estimate of drug-likeness (QED) is 0.655. The van der Waals surface area contributed by atoms with Gasteiger partial charge in [-0.3, -0.25) is 0 Å². The number of anilines is 1. The Kier molecular flexibility index (Phi) is 5.58. The van der Waals surface area contributed by atoms with Gasteiger partial charge in [0, 0.05) is 36.7 Å². The molecule has 27 heavy (non-hydrogen) atoms. The zero-order chi connectivity index (χ0) is 19.4. The zero-order valence-corrected chi connectivity index (χ0v) is 14.8. The lowest BCUT2D eigenvalue weighted by atomic mass is 9.96. The number of aldehydes is 1. The Morgan fingerprint density at radius 1 is 1.22 bits per heavy atom. The first-order valence-electron chi connectivity index (χ1n) is 8.61. The molecule has 0 aromatic heterocycles.